The van der Waals surface area contributed by atoms with Gasteiger partial charge in [-0.05, 0) is 60.4 Å². The first-order valence-electron chi connectivity index (χ1n) is 11.4. The highest BCUT2D eigenvalue weighted by Crippen LogP contribution is 2.31. The molecule has 6 nitrogen and oxygen atoms in total. The summed E-state index contributed by atoms with van der Waals surface area (Å²) in [6.45, 7) is 1.81. The Kier molecular flexibility index (Phi) is 6.58. The molecule has 0 radical (unpaired) electrons. The highest BCUT2D eigenvalue weighted by atomic mass is 35.5. The first kappa shape index (κ1) is 23.5. The Hall–Kier alpha value is -3.23. The summed E-state index contributed by atoms with van der Waals surface area (Å²) >= 11 is 5.94. The van der Waals surface area contributed by atoms with Gasteiger partial charge in [-0.15, -0.1) is 4.40 Å². The van der Waals surface area contributed by atoms with E-state index in [1.165, 1.54) is 36.4 Å². The van der Waals surface area contributed by atoms with Gasteiger partial charge in [0.2, 0.25) is 5.96 Å². The number of halogens is 2. The fraction of sp³-hybridized carbons (Fsp3) is 0.231. The van der Waals surface area contributed by atoms with Gasteiger partial charge in [-0.1, -0.05) is 54.1 Å². The van der Waals surface area contributed by atoms with E-state index in [-0.39, 0.29) is 16.6 Å². The zero-order valence-corrected chi connectivity index (χ0v) is 20.5. The van der Waals surface area contributed by atoms with Crippen LogP contribution in [0.15, 0.2) is 93.3 Å². The van der Waals surface area contributed by atoms with Crippen LogP contribution in [0.4, 0.5) is 4.39 Å². The van der Waals surface area contributed by atoms with Gasteiger partial charge in [0.1, 0.15) is 5.82 Å². The van der Waals surface area contributed by atoms with E-state index < -0.39 is 10.0 Å². The van der Waals surface area contributed by atoms with Crippen LogP contribution < -0.4 is 0 Å². The first-order valence-corrected chi connectivity index (χ1v) is 13.2. The molecule has 5 rings (SSSR count). The standard InChI is InChI=1S/C26H24ClFN4O2S/c27-21-10-14-23(15-11-21)35(33,34)30-26(31-16-4-5-17-31)32-18-24(19-6-2-1-3-7-19)25(29-32)20-8-12-22(28)13-9-20/h1-3,6-15,24H,4-5,16-18H2/b30-26-. The summed E-state index contributed by atoms with van der Waals surface area (Å²) in [6, 6.07) is 22.1. The van der Waals surface area contributed by atoms with Crippen molar-refractivity contribution in [3.63, 3.8) is 0 Å². The number of hydrogen-bond donors (Lipinski definition) is 0. The lowest BCUT2D eigenvalue weighted by atomic mass is 9.91. The lowest BCUT2D eigenvalue weighted by Crippen LogP contribution is -2.40. The highest BCUT2D eigenvalue weighted by Gasteiger charge is 2.35. The summed E-state index contributed by atoms with van der Waals surface area (Å²) in [5, 5.41) is 6.98. The predicted molar refractivity (Wildman–Crippen MR) is 136 cm³/mol. The summed E-state index contributed by atoms with van der Waals surface area (Å²) in [7, 11) is -3.99. The Morgan fingerprint density at radius 3 is 2.26 bits per heavy atom. The molecular formula is C26H24ClFN4O2S. The molecule has 35 heavy (non-hydrogen) atoms. The van der Waals surface area contributed by atoms with Crippen molar-refractivity contribution in [2.75, 3.05) is 19.6 Å². The van der Waals surface area contributed by atoms with Gasteiger partial charge < -0.3 is 4.90 Å². The van der Waals surface area contributed by atoms with Gasteiger partial charge in [-0.2, -0.15) is 13.5 Å². The van der Waals surface area contributed by atoms with Crippen LogP contribution in [-0.2, 0) is 10.0 Å². The maximum Gasteiger partial charge on any atom is 0.285 e. The molecule has 2 aliphatic heterocycles. The minimum Gasteiger partial charge on any atom is -0.340 e. The van der Waals surface area contributed by atoms with E-state index in [0.29, 0.717) is 30.6 Å². The van der Waals surface area contributed by atoms with Crippen LogP contribution in [0.2, 0.25) is 5.02 Å². The average Bonchev–Trinajstić information content (AvgIpc) is 3.55. The van der Waals surface area contributed by atoms with E-state index in [9.17, 15) is 12.8 Å². The molecule has 0 saturated carbocycles. The van der Waals surface area contributed by atoms with Crippen LogP contribution in [0.3, 0.4) is 0 Å². The molecule has 3 aromatic carbocycles. The number of hydrogen-bond acceptors (Lipinski definition) is 3. The van der Waals surface area contributed by atoms with Gasteiger partial charge in [0.05, 0.1) is 17.2 Å². The second-order valence-corrected chi connectivity index (χ2v) is 10.6. The van der Waals surface area contributed by atoms with Crippen LogP contribution in [0.25, 0.3) is 0 Å². The van der Waals surface area contributed by atoms with Crippen molar-refractivity contribution in [3.05, 3.63) is 101 Å². The monoisotopic (exact) mass is 510 g/mol. The van der Waals surface area contributed by atoms with E-state index in [1.54, 1.807) is 17.1 Å². The third-order valence-corrected chi connectivity index (χ3v) is 7.71. The number of likely N-dealkylation sites (tertiary alicyclic amines) is 1. The Balaban J connectivity index is 1.58. The molecule has 9 heteroatoms. The van der Waals surface area contributed by atoms with Crippen LogP contribution in [0, 0.1) is 5.82 Å². The summed E-state index contributed by atoms with van der Waals surface area (Å²) in [6.07, 6.45) is 1.90. The lowest BCUT2D eigenvalue weighted by Gasteiger charge is -2.26. The normalized spacial score (nSPS) is 18.7. The molecule has 1 fully saturated rings. The Morgan fingerprint density at radius 2 is 1.60 bits per heavy atom. The van der Waals surface area contributed by atoms with Crippen molar-refractivity contribution in [1.82, 2.24) is 9.91 Å². The summed E-state index contributed by atoms with van der Waals surface area (Å²) in [5.74, 6) is -0.156. The van der Waals surface area contributed by atoms with Crippen LogP contribution in [0.1, 0.15) is 29.9 Å². The van der Waals surface area contributed by atoms with Crippen LogP contribution in [-0.4, -0.2) is 49.6 Å². The summed E-state index contributed by atoms with van der Waals surface area (Å²) in [4.78, 5) is 2.03. The largest absolute Gasteiger partial charge is 0.340 e. The van der Waals surface area contributed by atoms with Gasteiger partial charge in [0, 0.05) is 24.0 Å². The van der Waals surface area contributed by atoms with Gasteiger partial charge >= 0.3 is 0 Å². The first-order chi connectivity index (χ1) is 16.9. The fourth-order valence-corrected chi connectivity index (χ4v) is 5.54. The van der Waals surface area contributed by atoms with E-state index in [2.05, 4.69) is 4.40 Å². The second kappa shape index (κ2) is 9.79. The molecular weight excluding hydrogens is 487 g/mol. The second-order valence-electron chi connectivity index (χ2n) is 8.55. The molecule has 2 heterocycles. The van der Waals surface area contributed by atoms with Crippen molar-refractivity contribution in [3.8, 4) is 0 Å². The van der Waals surface area contributed by atoms with Gasteiger partial charge in [0.25, 0.3) is 10.0 Å². The number of sulfonamides is 1. The number of rotatable bonds is 4. The van der Waals surface area contributed by atoms with Crippen molar-refractivity contribution in [2.45, 2.75) is 23.7 Å². The number of guanidine groups is 1. The molecule has 0 aromatic heterocycles. The number of nitrogens with zero attached hydrogens (tertiary/aromatic N) is 4. The van der Waals surface area contributed by atoms with Gasteiger partial charge in [-0.3, -0.25) is 0 Å². The van der Waals surface area contributed by atoms with Gasteiger partial charge in [0.15, 0.2) is 0 Å². The molecule has 1 saturated heterocycles. The summed E-state index contributed by atoms with van der Waals surface area (Å²) < 4.78 is 44.4. The Bertz CT molecular complexity index is 1350. The smallest absolute Gasteiger partial charge is 0.285 e. The molecule has 3 aromatic rings. The minimum atomic E-state index is -3.99. The zero-order chi connectivity index (χ0) is 24.4. The third-order valence-electron chi connectivity index (χ3n) is 6.19. The van der Waals surface area contributed by atoms with E-state index in [1.807, 2.05) is 35.2 Å². The average molecular weight is 511 g/mol. The molecule has 0 N–H and O–H groups in total. The number of hydrazone groups is 1. The van der Waals surface area contributed by atoms with E-state index in [0.717, 1.165) is 29.7 Å². The molecule has 1 unspecified atom stereocenters. The molecule has 0 aliphatic carbocycles. The molecule has 0 amide bonds. The van der Waals surface area contributed by atoms with Crippen molar-refractivity contribution >= 4 is 33.3 Å². The third kappa shape index (κ3) is 5.09. The molecule has 180 valence electrons. The minimum absolute atomic E-state index is 0.0696. The van der Waals surface area contributed by atoms with Crippen molar-refractivity contribution in [2.24, 2.45) is 9.50 Å². The highest BCUT2D eigenvalue weighted by molar-refractivity contribution is 7.90. The maximum absolute atomic E-state index is 13.6. The van der Waals surface area contributed by atoms with E-state index in [4.69, 9.17) is 16.7 Å². The molecule has 0 bridgehead atoms. The number of benzene rings is 3. The Morgan fingerprint density at radius 1 is 0.943 bits per heavy atom. The van der Waals surface area contributed by atoms with Gasteiger partial charge in [-0.25, -0.2) is 9.40 Å². The summed E-state index contributed by atoms with van der Waals surface area (Å²) in [5.41, 5.74) is 2.57. The van der Waals surface area contributed by atoms with E-state index >= 15 is 0 Å². The predicted octanol–water partition coefficient (Wildman–Crippen LogP) is 5.12. The Labute approximate surface area is 209 Å². The van der Waals surface area contributed by atoms with Crippen molar-refractivity contribution in [1.29, 1.82) is 0 Å². The van der Waals surface area contributed by atoms with Crippen LogP contribution >= 0.6 is 11.6 Å². The molecule has 0 spiro atoms. The van der Waals surface area contributed by atoms with Crippen molar-refractivity contribution < 1.29 is 12.8 Å². The fourth-order valence-electron chi connectivity index (χ4n) is 4.41. The molecule has 1 atom stereocenters. The topological polar surface area (TPSA) is 65.3 Å². The lowest BCUT2D eigenvalue weighted by molar-refractivity contribution is 0.376. The molecule has 2 aliphatic rings. The van der Waals surface area contributed by atoms with Crippen LogP contribution in [0.5, 0.6) is 0 Å². The maximum atomic E-state index is 13.6. The SMILES string of the molecule is O=S(=O)(/N=C(/N1CCCC1)N1CC(c2ccccc2)C(c2ccc(F)cc2)=N1)c1ccc(Cl)cc1. The zero-order valence-electron chi connectivity index (χ0n) is 18.9. The quantitative estimate of drug-likeness (QED) is 0.361.